The van der Waals surface area contributed by atoms with Crippen molar-refractivity contribution in [2.45, 2.75) is 45.6 Å². The Morgan fingerprint density at radius 3 is 2.74 bits per heavy atom. The quantitative estimate of drug-likeness (QED) is 0.764. The van der Waals surface area contributed by atoms with Crippen LogP contribution in [0.5, 0.6) is 5.75 Å². The maximum atomic E-state index is 12.6. The van der Waals surface area contributed by atoms with Gasteiger partial charge >= 0.3 is 0 Å². The second kappa shape index (κ2) is 8.70. The van der Waals surface area contributed by atoms with Crippen molar-refractivity contribution in [1.82, 2.24) is 15.2 Å². The van der Waals surface area contributed by atoms with E-state index in [1.54, 1.807) is 4.90 Å². The number of rotatable bonds is 6. The molecule has 3 heterocycles. The molecule has 1 N–H and O–H groups in total. The van der Waals surface area contributed by atoms with Crippen LogP contribution in [-0.4, -0.2) is 54.5 Å². The summed E-state index contributed by atoms with van der Waals surface area (Å²) in [6.07, 6.45) is 3.79. The van der Waals surface area contributed by atoms with Gasteiger partial charge in [-0.25, -0.2) is 4.98 Å². The molecule has 1 fully saturated rings. The average molecular weight is 427 g/mol. The van der Waals surface area contributed by atoms with E-state index < -0.39 is 0 Å². The lowest BCUT2D eigenvalue weighted by atomic mass is 9.86. The smallest absolute Gasteiger partial charge is 0.273 e. The second-order valence-electron chi connectivity index (χ2n) is 9.13. The molecule has 0 spiro atoms. The highest BCUT2D eigenvalue weighted by molar-refractivity contribution is 5.98. The molecule has 4 rings (SSSR count). The topological polar surface area (TPSA) is 87.9 Å². The van der Waals surface area contributed by atoms with Gasteiger partial charge in [-0.1, -0.05) is 26.8 Å². The number of nitrogens with one attached hydrogen (secondary N) is 1. The third-order valence-electron chi connectivity index (χ3n) is 5.76. The van der Waals surface area contributed by atoms with Crippen molar-refractivity contribution in [2.24, 2.45) is 0 Å². The van der Waals surface area contributed by atoms with Gasteiger partial charge in [-0.2, -0.15) is 0 Å². The number of nitrogens with zero attached hydrogens (tertiary/aromatic N) is 3. The van der Waals surface area contributed by atoms with E-state index in [-0.39, 0.29) is 36.1 Å². The lowest BCUT2D eigenvalue weighted by Gasteiger charge is -2.30. The van der Waals surface area contributed by atoms with Gasteiger partial charge in [0, 0.05) is 13.1 Å². The van der Waals surface area contributed by atoms with Gasteiger partial charge in [0.25, 0.3) is 11.8 Å². The molecule has 0 bridgehead atoms. The Hall–Kier alpha value is -2.87. The molecule has 0 saturated carbocycles. The van der Waals surface area contributed by atoms with Gasteiger partial charge in [0.2, 0.25) is 5.89 Å². The fourth-order valence-electron chi connectivity index (χ4n) is 3.89. The monoisotopic (exact) mass is 426 g/mol. The predicted molar refractivity (Wildman–Crippen MR) is 116 cm³/mol. The van der Waals surface area contributed by atoms with Gasteiger partial charge in [0.1, 0.15) is 18.6 Å². The van der Waals surface area contributed by atoms with Crippen molar-refractivity contribution >= 4 is 17.5 Å². The maximum absolute atomic E-state index is 12.6. The molecule has 2 aliphatic heterocycles. The number of anilines is 1. The highest BCUT2D eigenvalue weighted by Crippen LogP contribution is 2.37. The molecule has 2 aromatic rings. The molecule has 166 valence electrons. The van der Waals surface area contributed by atoms with E-state index in [0.717, 1.165) is 25.2 Å². The number of amides is 2. The average Bonchev–Trinajstić information content (AvgIpc) is 3.41. The number of carbonyl (C=O) groups is 2. The van der Waals surface area contributed by atoms with Crippen LogP contribution in [0.15, 0.2) is 28.9 Å². The second-order valence-corrected chi connectivity index (χ2v) is 9.13. The Labute approximate surface area is 182 Å². The normalized spacial score (nSPS) is 16.9. The van der Waals surface area contributed by atoms with Crippen LogP contribution in [0.4, 0.5) is 5.69 Å². The molecule has 1 saturated heterocycles. The zero-order valence-corrected chi connectivity index (χ0v) is 18.4. The van der Waals surface area contributed by atoms with Gasteiger partial charge in [0.15, 0.2) is 12.3 Å². The third kappa shape index (κ3) is 4.90. The molecule has 0 aliphatic carbocycles. The first kappa shape index (κ1) is 21.4. The van der Waals surface area contributed by atoms with E-state index in [1.807, 2.05) is 18.2 Å². The largest absolute Gasteiger partial charge is 0.482 e. The Bertz CT molecular complexity index is 957. The van der Waals surface area contributed by atoms with Crippen LogP contribution in [0.3, 0.4) is 0 Å². The zero-order chi connectivity index (χ0) is 22.0. The summed E-state index contributed by atoms with van der Waals surface area (Å²) in [6.45, 7) is 10.1. The van der Waals surface area contributed by atoms with Crippen molar-refractivity contribution in [3.63, 3.8) is 0 Å². The van der Waals surface area contributed by atoms with E-state index in [0.29, 0.717) is 23.9 Å². The molecule has 2 aliphatic rings. The number of fused-ring (bicyclic) bond motifs is 1. The zero-order valence-electron chi connectivity index (χ0n) is 18.4. The molecule has 8 nitrogen and oxygen atoms in total. The number of hydrogen-bond donors (Lipinski definition) is 1. The Kier molecular flexibility index (Phi) is 6.00. The minimum atomic E-state index is -0.266. The number of oxazole rings is 1. The third-order valence-corrected chi connectivity index (χ3v) is 5.76. The van der Waals surface area contributed by atoms with Gasteiger partial charge < -0.3 is 19.4 Å². The first-order valence-electron chi connectivity index (χ1n) is 10.8. The fraction of sp³-hybridized carbons (Fsp3) is 0.522. The van der Waals surface area contributed by atoms with Crippen LogP contribution in [0.2, 0.25) is 0 Å². The molecule has 31 heavy (non-hydrogen) atoms. The first-order chi connectivity index (χ1) is 14.8. The van der Waals surface area contributed by atoms with Crippen molar-refractivity contribution in [3.05, 3.63) is 41.6 Å². The lowest BCUT2D eigenvalue weighted by Crippen LogP contribution is -2.38. The van der Waals surface area contributed by atoms with Crippen LogP contribution < -0.4 is 15.0 Å². The number of benzene rings is 1. The highest BCUT2D eigenvalue weighted by Gasteiger charge is 2.29. The molecule has 0 unspecified atom stereocenters. The summed E-state index contributed by atoms with van der Waals surface area (Å²) < 4.78 is 11.1. The van der Waals surface area contributed by atoms with E-state index in [1.165, 1.54) is 19.1 Å². The summed E-state index contributed by atoms with van der Waals surface area (Å²) >= 11 is 0. The lowest BCUT2D eigenvalue weighted by molar-refractivity contribution is -0.121. The standard InChI is InChI=1S/C23H30N4O4/c1-23(2,3)16-6-7-19-18(12-16)27(21(28)15-30-19)13-20-25-17(14-31-20)22(29)24-8-11-26-9-4-5-10-26/h6-7,12,14H,4-5,8-11,13,15H2,1-3H3,(H,24,29). The van der Waals surface area contributed by atoms with Gasteiger partial charge in [-0.05, 0) is 49.0 Å². The van der Waals surface area contributed by atoms with Crippen LogP contribution in [0.1, 0.15) is 55.6 Å². The molecule has 0 atom stereocenters. The summed E-state index contributed by atoms with van der Waals surface area (Å²) in [7, 11) is 0. The van der Waals surface area contributed by atoms with E-state index >= 15 is 0 Å². The SMILES string of the molecule is CC(C)(C)c1ccc2c(c1)N(Cc1nc(C(=O)NCCN3CCCC3)co1)C(=O)CO2. The number of aromatic nitrogens is 1. The van der Waals surface area contributed by atoms with Crippen molar-refractivity contribution in [1.29, 1.82) is 0 Å². The fourth-order valence-corrected chi connectivity index (χ4v) is 3.89. The van der Waals surface area contributed by atoms with Crippen molar-refractivity contribution in [3.8, 4) is 5.75 Å². The molecular weight excluding hydrogens is 396 g/mol. The minimum absolute atomic E-state index is 0.0353. The van der Waals surface area contributed by atoms with Crippen LogP contribution in [0.25, 0.3) is 0 Å². The van der Waals surface area contributed by atoms with Crippen molar-refractivity contribution in [2.75, 3.05) is 37.7 Å². The molecular formula is C23H30N4O4. The van der Waals surface area contributed by atoms with Crippen LogP contribution in [0, 0.1) is 0 Å². The van der Waals surface area contributed by atoms with E-state index in [2.05, 4.69) is 36.0 Å². The van der Waals surface area contributed by atoms with E-state index in [4.69, 9.17) is 9.15 Å². The first-order valence-corrected chi connectivity index (χ1v) is 10.8. The van der Waals surface area contributed by atoms with Crippen LogP contribution >= 0.6 is 0 Å². The van der Waals surface area contributed by atoms with Crippen molar-refractivity contribution < 1.29 is 18.7 Å². The molecule has 1 aromatic heterocycles. The maximum Gasteiger partial charge on any atom is 0.273 e. The molecule has 0 radical (unpaired) electrons. The number of carbonyl (C=O) groups excluding carboxylic acids is 2. The number of ether oxygens (including phenoxy) is 1. The predicted octanol–water partition coefficient (Wildman–Crippen LogP) is 2.72. The highest BCUT2D eigenvalue weighted by atomic mass is 16.5. The summed E-state index contributed by atoms with van der Waals surface area (Å²) in [4.78, 5) is 33.2. The Balaban J connectivity index is 1.43. The van der Waals surface area contributed by atoms with Gasteiger partial charge in [-0.3, -0.25) is 14.5 Å². The minimum Gasteiger partial charge on any atom is -0.482 e. The Morgan fingerprint density at radius 2 is 2.00 bits per heavy atom. The summed E-state index contributed by atoms with van der Waals surface area (Å²) in [6, 6.07) is 5.88. The van der Waals surface area contributed by atoms with Crippen LogP contribution in [-0.2, 0) is 16.8 Å². The molecule has 2 amide bonds. The number of hydrogen-bond acceptors (Lipinski definition) is 6. The molecule has 1 aromatic carbocycles. The molecule has 8 heteroatoms. The van der Waals surface area contributed by atoms with Gasteiger partial charge in [-0.15, -0.1) is 0 Å². The summed E-state index contributed by atoms with van der Waals surface area (Å²) in [5.41, 5.74) is 1.95. The Morgan fingerprint density at radius 1 is 1.23 bits per heavy atom. The summed E-state index contributed by atoms with van der Waals surface area (Å²) in [5, 5.41) is 2.89. The number of likely N-dealkylation sites (tertiary alicyclic amines) is 1. The van der Waals surface area contributed by atoms with E-state index in [9.17, 15) is 9.59 Å². The summed E-state index contributed by atoms with van der Waals surface area (Å²) in [5.74, 6) is 0.525. The van der Waals surface area contributed by atoms with Gasteiger partial charge in [0.05, 0.1) is 5.69 Å².